The number of carbonyl (C=O) groups excluding carboxylic acids is 1. The first-order valence-electron chi connectivity index (χ1n) is 5.73. The molecule has 1 heterocycles. The second kappa shape index (κ2) is 5.90. The van der Waals surface area contributed by atoms with Crippen molar-refractivity contribution in [1.82, 2.24) is 10.2 Å². The monoisotopic (exact) mass is 293 g/mol. The van der Waals surface area contributed by atoms with Crippen molar-refractivity contribution in [2.24, 2.45) is 10.9 Å². The third-order valence-electron chi connectivity index (χ3n) is 2.68. The molecule has 0 radical (unpaired) electrons. The van der Waals surface area contributed by atoms with Crippen LogP contribution in [0.4, 0.5) is 10.2 Å². The summed E-state index contributed by atoms with van der Waals surface area (Å²) in [5.74, 6) is -1.60. The highest BCUT2D eigenvalue weighted by atomic mass is 19.1. The molecule has 0 fully saturated rings. The van der Waals surface area contributed by atoms with Crippen molar-refractivity contribution in [2.75, 3.05) is 12.4 Å². The summed E-state index contributed by atoms with van der Waals surface area (Å²) in [6.07, 6.45) is 1.25. The van der Waals surface area contributed by atoms with E-state index < -0.39 is 11.7 Å². The first kappa shape index (κ1) is 14.3. The van der Waals surface area contributed by atoms with Gasteiger partial charge in [-0.1, -0.05) is 11.2 Å². The van der Waals surface area contributed by atoms with Crippen LogP contribution in [0.15, 0.2) is 29.6 Å². The van der Waals surface area contributed by atoms with Gasteiger partial charge in [0, 0.05) is 0 Å². The third kappa shape index (κ3) is 2.76. The first-order chi connectivity index (χ1) is 10.1. The molecule has 0 aliphatic carbocycles. The van der Waals surface area contributed by atoms with Crippen LogP contribution in [0.2, 0.25) is 0 Å². The van der Waals surface area contributed by atoms with Gasteiger partial charge in [-0.15, -0.1) is 0 Å². The van der Waals surface area contributed by atoms with Crippen LogP contribution < -0.4 is 15.8 Å². The topological polar surface area (TPSA) is 126 Å². The molecule has 0 saturated heterocycles. The molecule has 2 rings (SSSR count). The van der Waals surface area contributed by atoms with Crippen LogP contribution in [-0.4, -0.2) is 34.3 Å². The number of hydrogen-bond donors (Lipinski definition) is 4. The van der Waals surface area contributed by atoms with E-state index in [1.807, 2.05) is 0 Å². The minimum absolute atomic E-state index is 0.0700. The number of benzene rings is 1. The van der Waals surface area contributed by atoms with Gasteiger partial charge in [0.15, 0.2) is 5.84 Å². The van der Waals surface area contributed by atoms with Gasteiger partial charge in [0.05, 0.1) is 18.9 Å². The number of H-pyrrole nitrogens is 1. The second-order valence-electron chi connectivity index (χ2n) is 3.92. The fraction of sp³-hybridized carbons (Fsp3) is 0.0833. The van der Waals surface area contributed by atoms with Gasteiger partial charge in [0.2, 0.25) is 0 Å². The average molecular weight is 293 g/mol. The summed E-state index contributed by atoms with van der Waals surface area (Å²) in [5, 5.41) is 20.0. The molecule has 1 aromatic carbocycles. The van der Waals surface area contributed by atoms with E-state index >= 15 is 0 Å². The van der Waals surface area contributed by atoms with Crippen LogP contribution >= 0.6 is 0 Å². The minimum Gasteiger partial charge on any atom is -0.496 e. The Balaban J connectivity index is 2.34. The predicted molar refractivity (Wildman–Crippen MR) is 72.0 cm³/mol. The summed E-state index contributed by atoms with van der Waals surface area (Å²) >= 11 is 0. The van der Waals surface area contributed by atoms with Gasteiger partial charge in [-0.2, -0.15) is 5.10 Å². The molecule has 110 valence electrons. The molecule has 1 amide bonds. The van der Waals surface area contributed by atoms with E-state index in [4.69, 9.17) is 15.7 Å². The lowest BCUT2D eigenvalue weighted by Gasteiger charge is -2.09. The number of aromatic amines is 1. The number of nitrogens with one attached hydrogen (secondary N) is 2. The zero-order chi connectivity index (χ0) is 15.4. The smallest absolute Gasteiger partial charge is 0.263 e. The van der Waals surface area contributed by atoms with Crippen LogP contribution in [0, 0.1) is 5.82 Å². The maximum Gasteiger partial charge on any atom is 0.263 e. The van der Waals surface area contributed by atoms with E-state index in [1.165, 1.54) is 25.4 Å². The highest BCUT2D eigenvalue weighted by Gasteiger charge is 2.20. The summed E-state index contributed by atoms with van der Waals surface area (Å²) in [4.78, 5) is 12.2. The van der Waals surface area contributed by atoms with E-state index in [1.54, 1.807) is 0 Å². The number of nitrogens with zero attached hydrogens (tertiary/aromatic N) is 2. The number of amides is 1. The third-order valence-corrected chi connectivity index (χ3v) is 2.68. The molecular weight excluding hydrogens is 281 g/mol. The van der Waals surface area contributed by atoms with Crippen molar-refractivity contribution in [3.8, 4) is 5.75 Å². The Morgan fingerprint density at radius 1 is 1.57 bits per heavy atom. The Morgan fingerprint density at radius 3 is 3.00 bits per heavy atom. The lowest BCUT2D eigenvalue weighted by atomic mass is 10.1. The number of hydrogen-bond acceptors (Lipinski definition) is 5. The first-order valence-corrected chi connectivity index (χ1v) is 5.73. The molecule has 1 aromatic heterocycles. The van der Waals surface area contributed by atoms with E-state index in [2.05, 4.69) is 20.7 Å². The largest absolute Gasteiger partial charge is 0.496 e. The zero-order valence-electron chi connectivity index (χ0n) is 10.9. The summed E-state index contributed by atoms with van der Waals surface area (Å²) < 4.78 is 18.7. The molecule has 8 nitrogen and oxygen atoms in total. The molecule has 21 heavy (non-hydrogen) atoms. The number of carbonyl (C=O) groups is 1. The Hall–Kier alpha value is -3.10. The minimum atomic E-state index is -0.763. The molecule has 9 heteroatoms. The number of halogens is 1. The van der Waals surface area contributed by atoms with Crippen LogP contribution in [-0.2, 0) is 0 Å². The summed E-state index contributed by atoms with van der Waals surface area (Å²) in [6, 6.07) is 4.01. The molecular formula is C12H12FN5O3. The van der Waals surface area contributed by atoms with Crippen LogP contribution in [0.3, 0.4) is 0 Å². The standard InChI is InChI=1S/C12H12FN5O3/c1-21-8-4-2-3-7(13)9(8)12(19)16-11-6(5-15-17-11)10(14)18-20/h2-5,20H,1H3,(H2,14,18)(H2,15,16,17,19). The molecule has 0 spiro atoms. The number of nitrogens with two attached hydrogens (primary N) is 1. The van der Waals surface area contributed by atoms with Gasteiger partial charge in [-0.05, 0) is 12.1 Å². The van der Waals surface area contributed by atoms with E-state index in [-0.39, 0.29) is 28.5 Å². The van der Waals surface area contributed by atoms with Crippen LogP contribution in [0.1, 0.15) is 15.9 Å². The number of methoxy groups -OCH3 is 1. The fourth-order valence-electron chi connectivity index (χ4n) is 1.70. The van der Waals surface area contributed by atoms with Crippen LogP contribution in [0.5, 0.6) is 5.75 Å². The normalized spacial score (nSPS) is 11.2. The Kier molecular flexibility index (Phi) is 4.02. The van der Waals surface area contributed by atoms with Crippen molar-refractivity contribution < 1.29 is 19.1 Å². The number of oxime groups is 1. The van der Waals surface area contributed by atoms with Gasteiger partial charge in [0.25, 0.3) is 5.91 Å². The molecule has 2 aromatic rings. The molecule has 0 aliphatic rings. The van der Waals surface area contributed by atoms with Gasteiger partial charge in [-0.3, -0.25) is 9.89 Å². The van der Waals surface area contributed by atoms with Crippen molar-refractivity contribution in [3.63, 3.8) is 0 Å². The number of amidine groups is 1. The van der Waals surface area contributed by atoms with Crippen molar-refractivity contribution in [3.05, 3.63) is 41.3 Å². The van der Waals surface area contributed by atoms with Crippen molar-refractivity contribution in [2.45, 2.75) is 0 Å². The Labute approximate surface area is 118 Å². The lowest BCUT2D eigenvalue weighted by Crippen LogP contribution is -2.19. The van der Waals surface area contributed by atoms with Gasteiger partial charge < -0.3 is 21.0 Å². The van der Waals surface area contributed by atoms with Gasteiger partial charge >= 0.3 is 0 Å². The highest BCUT2D eigenvalue weighted by Crippen LogP contribution is 2.22. The molecule has 0 unspecified atom stereocenters. The molecule has 0 atom stereocenters. The number of rotatable bonds is 4. The van der Waals surface area contributed by atoms with Crippen LogP contribution in [0.25, 0.3) is 0 Å². The second-order valence-corrected chi connectivity index (χ2v) is 3.92. The summed E-state index contributed by atoms with van der Waals surface area (Å²) in [6.45, 7) is 0. The number of anilines is 1. The summed E-state index contributed by atoms with van der Waals surface area (Å²) in [5.41, 5.74) is 5.33. The maximum absolute atomic E-state index is 13.8. The lowest BCUT2D eigenvalue weighted by molar-refractivity contribution is 0.101. The quantitative estimate of drug-likeness (QED) is 0.288. The Morgan fingerprint density at radius 2 is 2.33 bits per heavy atom. The van der Waals surface area contributed by atoms with E-state index in [9.17, 15) is 9.18 Å². The SMILES string of the molecule is COc1cccc(F)c1C(=O)Nc1[nH]ncc1C(N)=NO. The average Bonchev–Trinajstić information content (AvgIpc) is 2.93. The molecule has 0 saturated carbocycles. The van der Waals surface area contributed by atoms with E-state index in [0.29, 0.717) is 0 Å². The number of aromatic nitrogens is 2. The van der Waals surface area contributed by atoms with Gasteiger partial charge in [0.1, 0.15) is 22.9 Å². The maximum atomic E-state index is 13.8. The molecule has 0 aliphatic heterocycles. The van der Waals surface area contributed by atoms with Crippen molar-refractivity contribution in [1.29, 1.82) is 0 Å². The Bertz CT molecular complexity index is 698. The highest BCUT2D eigenvalue weighted by molar-refractivity contribution is 6.10. The zero-order valence-corrected chi connectivity index (χ0v) is 10.9. The number of ether oxygens (including phenoxy) is 1. The molecule has 0 bridgehead atoms. The molecule has 5 N–H and O–H groups in total. The fourth-order valence-corrected chi connectivity index (χ4v) is 1.70. The van der Waals surface area contributed by atoms with E-state index in [0.717, 1.165) is 6.07 Å². The summed E-state index contributed by atoms with van der Waals surface area (Å²) in [7, 11) is 1.32. The predicted octanol–water partition coefficient (Wildman–Crippen LogP) is 0.904. The van der Waals surface area contributed by atoms with Gasteiger partial charge in [-0.25, -0.2) is 4.39 Å². The van der Waals surface area contributed by atoms with Crippen molar-refractivity contribution >= 4 is 17.6 Å².